The molecule has 1 N–H and O–H groups in total. The van der Waals surface area contributed by atoms with E-state index in [0.717, 1.165) is 55.5 Å². The Morgan fingerprint density at radius 3 is 2.73 bits per heavy atom. The van der Waals surface area contributed by atoms with Gasteiger partial charge in [-0.15, -0.1) is 0 Å². The number of sulfonamides is 1. The minimum Gasteiger partial charge on any atom is -0.487 e. The van der Waals surface area contributed by atoms with Gasteiger partial charge in [-0.05, 0) is 97.7 Å². The van der Waals surface area contributed by atoms with E-state index in [4.69, 9.17) is 25.8 Å². The summed E-state index contributed by atoms with van der Waals surface area (Å²) in [5.41, 5.74) is 3.23. The number of anilines is 1. The number of carbonyl (C=O) groups excluding carboxylic acids is 2. The summed E-state index contributed by atoms with van der Waals surface area (Å²) in [6.45, 7) is 3.55. The highest BCUT2D eigenvalue weighted by molar-refractivity contribution is 7.90. The van der Waals surface area contributed by atoms with E-state index < -0.39 is 21.9 Å². The van der Waals surface area contributed by atoms with E-state index in [2.05, 4.69) is 9.62 Å². The summed E-state index contributed by atoms with van der Waals surface area (Å²) in [5, 5.41) is 0.694. The molecule has 2 aliphatic heterocycles. The maximum absolute atomic E-state index is 13.3. The lowest BCUT2D eigenvalue weighted by molar-refractivity contribution is -0.149. The molecule has 45 heavy (non-hydrogen) atoms. The number of halogens is 1. The number of amides is 1. The van der Waals surface area contributed by atoms with E-state index >= 15 is 0 Å². The van der Waals surface area contributed by atoms with Gasteiger partial charge in [0, 0.05) is 23.7 Å². The lowest BCUT2D eigenvalue weighted by Crippen LogP contribution is -2.44. The van der Waals surface area contributed by atoms with E-state index in [9.17, 15) is 18.0 Å². The molecule has 0 radical (unpaired) electrons. The molecular formula is C34H43ClN2O7S. The number of methoxy groups -OCH3 is 1. The third-order valence-electron chi connectivity index (χ3n) is 9.29. The Morgan fingerprint density at radius 1 is 1.13 bits per heavy atom. The number of rotatable bonds is 4. The first-order chi connectivity index (χ1) is 21.7. The second kappa shape index (κ2) is 15.0. The molecule has 0 saturated heterocycles. The van der Waals surface area contributed by atoms with Crippen molar-refractivity contribution >= 4 is 39.2 Å². The molecule has 1 amide bonds. The quantitative estimate of drug-likeness (QED) is 0.330. The van der Waals surface area contributed by atoms with Gasteiger partial charge in [-0.2, -0.15) is 0 Å². The molecule has 1 saturated carbocycles. The highest BCUT2D eigenvalue weighted by Crippen LogP contribution is 2.42. The predicted molar refractivity (Wildman–Crippen MR) is 174 cm³/mol. The van der Waals surface area contributed by atoms with E-state index in [0.29, 0.717) is 36.8 Å². The molecule has 11 heteroatoms. The molecule has 2 bridgehead atoms. The first kappa shape index (κ1) is 33.3. The second-order valence-corrected chi connectivity index (χ2v) is 14.5. The van der Waals surface area contributed by atoms with Gasteiger partial charge in [0.2, 0.25) is 10.0 Å². The number of ether oxygens (including phenoxy) is 3. The number of esters is 1. The first-order valence-corrected chi connectivity index (χ1v) is 17.9. The highest BCUT2D eigenvalue weighted by atomic mass is 35.5. The zero-order valence-electron chi connectivity index (χ0n) is 26.0. The fraction of sp³-hybridized carbons (Fsp3) is 0.529. The molecule has 244 valence electrons. The molecule has 2 aromatic carbocycles. The van der Waals surface area contributed by atoms with Crippen molar-refractivity contribution < 1.29 is 32.2 Å². The number of nitrogens with zero attached hydrogens (tertiary/aromatic N) is 1. The average Bonchev–Trinajstić information content (AvgIpc) is 3.03. The van der Waals surface area contributed by atoms with E-state index in [1.807, 2.05) is 37.3 Å². The molecule has 5 rings (SSSR count). The van der Waals surface area contributed by atoms with Gasteiger partial charge in [-0.25, -0.2) is 17.9 Å². The summed E-state index contributed by atoms with van der Waals surface area (Å²) < 4.78 is 45.8. The standard InChI is InChI=1S/C34H43ClN2O7S/c1-3-23-7-6-9-31(44-21-33(38)42-2)29-14-11-26(29)19-37-16-5-4-8-24-17-28(35)13-10-27(24)20-43-32-15-12-25(18-30(32)37)34(39)36-45(40,41)22-23/h6,9-10,12-13,15,17-18,23,26,29,31H,3-5,7-8,11,14,16,19-22H2,1-2H3,(H,36,39)/b9-6+/t23-,26+,29-,31+/m1/s1. The Balaban J connectivity index is 1.52. The van der Waals surface area contributed by atoms with Gasteiger partial charge in [0.1, 0.15) is 19.0 Å². The van der Waals surface area contributed by atoms with Crippen LogP contribution in [0.5, 0.6) is 5.75 Å². The number of nitrogens with one attached hydrogen (secondary N) is 1. The smallest absolute Gasteiger partial charge is 0.331 e. The summed E-state index contributed by atoms with van der Waals surface area (Å²) in [7, 11) is -2.56. The summed E-state index contributed by atoms with van der Waals surface area (Å²) in [6.07, 6.45) is 9.42. The third-order valence-corrected chi connectivity index (χ3v) is 10.9. The molecule has 0 unspecified atom stereocenters. The van der Waals surface area contributed by atoms with Crippen molar-refractivity contribution in [1.82, 2.24) is 4.72 Å². The minimum atomic E-state index is -3.90. The number of carbonyl (C=O) groups is 2. The Labute approximate surface area is 271 Å². The van der Waals surface area contributed by atoms with Crippen LogP contribution in [0.25, 0.3) is 0 Å². The predicted octanol–water partition coefficient (Wildman–Crippen LogP) is 5.69. The minimum absolute atomic E-state index is 0.152. The van der Waals surface area contributed by atoms with Crippen LogP contribution < -0.4 is 14.4 Å². The van der Waals surface area contributed by atoms with Crippen molar-refractivity contribution in [2.75, 3.05) is 37.5 Å². The Hall–Kier alpha value is -3.08. The number of benzene rings is 2. The van der Waals surface area contributed by atoms with Crippen LogP contribution >= 0.6 is 11.6 Å². The van der Waals surface area contributed by atoms with Crippen LogP contribution in [0, 0.1) is 17.8 Å². The van der Waals surface area contributed by atoms with Crippen molar-refractivity contribution in [3.63, 3.8) is 0 Å². The van der Waals surface area contributed by atoms with Gasteiger partial charge in [0.05, 0.1) is 24.7 Å². The topological polar surface area (TPSA) is 111 Å². The van der Waals surface area contributed by atoms with Crippen LogP contribution in [-0.2, 0) is 37.3 Å². The number of hydrogen-bond donors (Lipinski definition) is 1. The van der Waals surface area contributed by atoms with Gasteiger partial charge < -0.3 is 19.1 Å². The molecule has 2 aromatic rings. The van der Waals surface area contributed by atoms with Crippen LogP contribution in [0.4, 0.5) is 5.69 Å². The monoisotopic (exact) mass is 658 g/mol. The number of hydrogen-bond acceptors (Lipinski definition) is 8. The largest absolute Gasteiger partial charge is 0.487 e. The van der Waals surface area contributed by atoms with Crippen LogP contribution in [0.2, 0.25) is 5.02 Å². The van der Waals surface area contributed by atoms with Crippen LogP contribution in [0.3, 0.4) is 0 Å². The van der Waals surface area contributed by atoms with Gasteiger partial charge in [-0.3, -0.25) is 4.79 Å². The van der Waals surface area contributed by atoms with E-state index in [1.165, 1.54) is 7.11 Å². The normalized spacial score (nSPS) is 26.0. The molecule has 9 nitrogen and oxygen atoms in total. The van der Waals surface area contributed by atoms with E-state index in [1.54, 1.807) is 18.2 Å². The SMILES string of the molecule is CC[C@@H]1C/C=C/[C@H](OCC(=O)OC)[C@@H]2CC[C@H]2CN2CCCCc3cc(Cl)ccc3COc3ccc(cc32)C(=O)NS(=O)(=O)C1. The maximum Gasteiger partial charge on any atom is 0.331 e. The first-order valence-electron chi connectivity index (χ1n) is 15.8. The van der Waals surface area contributed by atoms with Gasteiger partial charge in [0.25, 0.3) is 5.91 Å². The van der Waals surface area contributed by atoms with Crippen molar-refractivity contribution in [2.24, 2.45) is 17.8 Å². The Bertz CT molecular complexity index is 1510. The molecule has 2 heterocycles. The molecule has 0 aromatic heterocycles. The van der Waals surface area contributed by atoms with Crippen LogP contribution in [-0.4, -0.2) is 59.0 Å². The fourth-order valence-electron chi connectivity index (χ4n) is 6.47. The van der Waals surface area contributed by atoms with Crippen molar-refractivity contribution in [1.29, 1.82) is 0 Å². The molecular weight excluding hydrogens is 616 g/mol. The lowest BCUT2D eigenvalue weighted by atomic mass is 9.70. The Morgan fingerprint density at radius 2 is 1.98 bits per heavy atom. The molecule has 4 atom stereocenters. The molecule has 3 aliphatic rings. The van der Waals surface area contributed by atoms with Crippen LogP contribution in [0.15, 0.2) is 48.6 Å². The van der Waals surface area contributed by atoms with Crippen molar-refractivity contribution in [3.8, 4) is 5.75 Å². The molecule has 1 fully saturated rings. The lowest BCUT2D eigenvalue weighted by Gasteiger charge is -2.44. The second-order valence-electron chi connectivity index (χ2n) is 12.3. The van der Waals surface area contributed by atoms with Gasteiger partial charge in [-0.1, -0.05) is 43.2 Å². The molecule has 0 spiro atoms. The summed E-state index contributed by atoms with van der Waals surface area (Å²) in [5.74, 6) is -0.383. The Kier molecular flexibility index (Phi) is 11.1. The summed E-state index contributed by atoms with van der Waals surface area (Å²) in [6, 6.07) is 11.0. The molecule has 1 aliphatic carbocycles. The highest BCUT2D eigenvalue weighted by Gasteiger charge is 2.38. The summed E-state index contributed by atoms with van der Waals surface area (Å²) in [4.78, 5) is 27.6. The van der Waals surface area contributed by atoms with Crippen LogP contribution in [0.1, 0.15) is 66.9 Å². The maximum atomic E-state index is 13.3. The van der Waals surface area contributed by atoms with Crippen molar-refractivity contribution in [2.45, 2.75) is 64.6 Å². The van der Waals surface area contributed by atoms with E-state index in [-0.39, 0.29) is 41.8 Å². The third kappa shape index (κ3) is 8.60. The van der Waals surface area contributed by atoms with Gasteiger partial charge in [0.15, 0.2) is 0 Å². The fourth-order valence-corrected chi connectivity index (χ4v) is 8.14. The zero-order valence-corrected chi connectivity index (χ0v) is 27.6. The zero-order chi connectivity index (χ0) is 32.0. The number of aryl methyl sites for hydroxylation is 1. The van der Waals surface area contributed by atoms with Gasteiger partial charge >= 0.3 is 5.97 Å². The number of fused-ring (bicyclic) bond motifs is 3. The van der Waals surface area contributed by atoms with Crippen molar-refractivity contribution in [3.05, 3.63) is 70.3 Å². The number of allylic oxidation sites excluding steroid dienone is 1. The summed E-state index contributed by atoms with van der Waals surface area (Å²) >= 11 is 6.32. The average molecular weight is 659 g/mol.